The van der Waals surface area contributed by atoms with Gasteiger partial charge in [0.05, 0.1) is 18.9 Å². The van der Waals surface area contributed by atoms with Gasteiger partial charge in [0.25, 0.3) is 0 Å². The van der Waals surface area contributed by atoms with Crippen molar-refractivity contribution in [1.29, 1.82) is 0 Å². The van der Waals surface area contributed by atoms with Gasteiger partial charge in [0, 0.05) is 0 Å². The number of rotatable bonds is 10. The number of alkyl halides is 3. The molecule has 0 N–H and O–H groups in total. The van der Waals surface area contributed by atoms with Crippen molar-refractivity contribution in [1.82, 2.24) is 0 Å². The molecule has 0 aromatic heterocycles. The molecule has 0 heterocycles. The summed E-state index contributed by atoms with van der Waals surface area (Å²) in [5.74, 6) is -1.08. The molecule has 0 saturated carbocycles. The van der Waals surface area contributed by atoms with Gasteiger partial charge in [-0.15, -0.1) is 8.78 Å². The Morgan fingerprint density at radius 2 is 1.59 bits per heavy atom. The summed E-state index contributed by atoms with van der Waals surface area (Å²) in [5.41, 5.74) is 0.156. The molecule has 2 rings (SSSR count). The van der Waals surface area contributed by atoms with Crippen LogP contribution in [-0.2, 0) is 9.53 Å². The van der Waals surface area contributed by atoms with Crippen LogP contribution in [0.4, 0.5) is 13.2 Å². The molecular weight excluding hydrogens is 361 g/mol. The number of unbranched alkanes of at least 4 members (excludes halogenated alkanes) is 1. The van der Waals surface area contributed by atoms with Crippen LogP contribution in [-0.4, -0.2) is 25.5 Å². The van der Waals surface area contributed by atoms with Crippen LogP contribution in [0.5, 0.6) is 11.5 Å². The Hall–Kier alpha value is -2.96. The zero-order valence-electron chi connectivity index (χ0n) is 14.5. The molecule has 0 radical (unpaired) electrons. The zero-order valence-corrected chi connectivity index (χ0v) is 14.5. The number of esters is 1. The highest BCUT2D eigenvalue weighted by molar-refractivity contribution is 6.15. The lowest BCUT2D eigenvalue weighted by atomic mass is 10.1. The molecule has 0 aliphatic rings. The van der Waals surface area contributed by atoms with E-state index in [9.17, 15) is 18.0 Å². The first-order valence-electron chi connectivity index (χ1n) is 8.24. The number of hydrogen-bond donors (Lipinski definition) is 0. The van der Waals surface area contributed by atoms with Gasteiger partial charge in [-0.2, -0.15) is 0 Å². The molecule has 0 amide bonds. The Morgan fingerprint density at radius 1 is 0.963 bits per heavy atom. The van der Waals surface area contributed by atoms with Crippen LogP contribution in [0.15, 0.2) is 61.2 Å². The standard InChI is InChI=1S/C20H19F3O4/c1-15(16-7-3-2-4-8-16)19(24)27-20(22,23)26-18-11-9-17(10-12-18)25-14-6-5-13-21/h2-4,7-12H,1,5-6,13-14H2. The van der Waals surface area contributed by atoms with Crippen LogP contribution >= 0.6 is 0 Å². The van der Waals surface area contributed by atoms with Crippen molar-refractivity contribution in [2.45, 2.75) is 19.1 Å². The Balaban J connectivity index is 1.89. The molecule has 7 heteroatoms. The zero-order chi connectivity index (χ0) is 19.7. The third kappa shape index (κ3) is 6.69. The Kier molecular flexibility index (Phi) is 7.28. The Morgan fingerprint density at radius 3 is 2.22 bits per heavy atom. The summed E-state index contributed by atoms with van der Waals surface area (Å²) < 4.78 is 53.6. The first-order valence-corrected chi connectivity index (χ1v) is 8.24. The molecule has 0 aliphatic carbocycles. The van der Waals surface area contributed by atoms with Crippen LogP contribution in [0.25, 0.3) is 5.57 Å². The van der Waals surface area contributed by atoms with Crippen molar-refractivity contribution in [3.8, 4) is 11.5 Å². The van der Waals surface area contributed by atoms with E-state index in [0.29, 0.717) is 30.8 Å². The highest BCUT2D eigenvalue weighted by Crippen LogP contribution is 2.27. The minimum absolute atomic E-state index is 0.212. The molecule has 27 heavy (non-hydrogen) atoms. The number of carbonyl (C=O) groups excluding carboxylic acids is 1. The molecule has 2 aromatic carbocycles. The minimum Gasteiger partial charge on any atom is -0.494 e. The Bertz CT molecular complexity index is 746. The first kappa shape index (κ1) is 20.4. The van der Waals surface area contributed by atoms with Gasteiger partial charge >= 0.3 is 12.3 Å². The largest absolute Gasteiger partial charge is 0.588 e. The number of carbonyl (C=O) groups is 1. The van der Waals surface area contributed by atoms with Gasteiger partial charge in [-0.1, -0.05) is 36.9 Å². The summed E-state index contributed by atoms with van der Waals surface area (Å²) in [6.45, 7) is 3.37. The SMILES string of the molecule is C=C(C(=O)OC(F)(F)Oc1ccc(OCCCCF)cc1)c1ccccc1. The fraction of sp³-hybridized carbons (Fsp3) is 0.250. The molecule has 144 valence electrons. The smallest absolute Gasteiger partial charge is 0.494 e. The lowest BCUT2D eigenvalue weighted by Crippen LogP contribution is -2.31. The second kappa shape index (κ2) is 9.66. The van der Waals surface area contributed by atoms with Crippen LogP contribution in [0.1, 0.15) is 18.4 Å². The van der Waals surface area contributed by atoms with Crippen molar-refractivity contribution >= 4 is 11.5 Å². The van der Waals surface area contributed by atoms with Gasteiger partial charge < -0.3 is 14.2 Å². The normalized spacial score (nSPS) is 10.9. The third-order valence-electron chi connectivity index (χ3n) is 3.44. The van der Waals surface area contributed by atoms with Gasteiger partial charge in [-0.3, -0.25) is 4.39 Å². The predicted molar refractivity (Wildman–Crippen MR) is 94.3 cm³/mol. The van der Waals surface area contributed by atoms with E-state index in [-0.39, 0.29) is 11.3 Å². The van der Waals surface area contributed by atoms with Crippen molar-refractivity contribution in [2.75, 3.05) is 13.3 Å². The molecule has 0 aliphatic heterocycles. The van der Waals surface area contributed by atoms with Crippen LogP contribution < -0.4 is 9.47 Å². The predicted octanol–water partition coefficient (Wildman–Crippen LogP) is 5.00. The van der Waals surface area contributed by atoms with E-state index in [1.807, 2.05) is 0 Å². The fourth-order valence-corrected chi connectivity index (χ4v) is 2.08. The second-order valence-electron chi connectivity index (χ2n) is 5.52. The molecule has 4 nitrogen and oxygen atoms in total. The molecule has 0 fully saturated rings. The number of hydrogen-bond acceptors (Lipinski definition) is 4. The number of benzene rings is 2. The maximum Gasteiger partial charge on any atom is 0.588 e. The van der Waals surface area contributed by atoms with Crippen molar-refractivity contribution in [2.24, 2.45) is 0 Å². The molecular formula is C20H19F3O4. The van der Waals surface area contributed by atoms with E-state index in [1.165, 1.54) is 24.3 Å². The molecule has 0 bridgehead atoms. The van der Waals surface area contributed by atoms with Crippen molar-refractivity contribution in [3.05, 3.63) is 66.7 Å². The summed E-state index contributed by atoms with van der Waals surface area (Å²) in [6.07, 6.45) is -3.22. The van der Waals surface area contributed by atoms with Gasteiger partial charge in [0.1, 0.15) is 11.5 Å². The fourth-order valence-electron chi connectivity index (χ4n) is 2.08. The average molecular weight is 380 g/mol. The number of halogens is 3. The van der Waals surface area contributed by atoms with Crippen LogP contribution in [0, 0.1) is 0 Å². The molecule has 0 unspecified atom stereocenters. The van der Waals surface area contributed by atoms with E-state index in [4.69, 9.17) is 4.74 Å². The highest BCUT2D eigenvalue weighted by atomic mass is 19.3. The molecule has 0 atom stereocenters. The molecule has 0 spiro atoms. The topological polar surface area (TPSA) is 44.8 Å². The summed E-state index contributed by atoms with van der Waals surface area (Å²) in [6, 6.07) is 13.4. The maximum atomic E-state index is 13.9. The summed E-state index contributed by atoms with van der Waals surface area (Å²) >= 11 is 0. The molecule has 2 aromatic rings. The van der Waals surface area contributed by atoms with Crippen LogP contribution in [0.3, 0.4) is 0 Å². The second-order valence-corrected chi connectivity index (χ2v) is 5.52. The monoisotopic (exact) mass is 380 g/mol. The van der Waals surface area contributed by atoms with E-state index in [2.05, 4.69) is 16.1 Å². The minimum atomic E-state index is -4.17. The lowest BCUT2D eigenvalue weighted by molar-refractivity contribution is -0.331. The lowest BCUT2D eigenvalue weighted by Gasteiger charge is -2.18. The van der Waals surface area contributed by atoms with E-state index in [0.717, 1.165) is 0 Å². The first-order chi connectivity index (χ1) is 12.9. The van der Waals surface area contributed by atoms with Crippen molar-refractivity contribution < 1.29 is 32.2 Å². The summed E-state index contributed by atoms with van der Waals surface area (Å²) in [7, 11) is 0. The third-order valence-corrected chi connectivity index (χ3v) is 3.44. The van der Waals surface area contributed by atoms with Gasteiger partial charge in [-0.05, 0) is 42.7 Å². The quantitative estimate of drug-likeness (QED) is 0.252. The maximum absolute atomic E-state index is 13.9. The van der Waals surface area contributed by atoms with Gasteiger partial charge in [0.2, 0.25) is 0 Å². The Labute approximate surface area is 155 Å². The van der Waals surface area contributed by atoms with Crippen LogP contribution in [0.2, 0.25) is 0 Å². The summed E-state index contributed by atoms with van der Waals surface area (Å²) in [5, 5.41) is 0. The summed E-state index contributed by atoms with van der Waals surface area (Å²) in [4.78, 5) is 11.8. The van der Waals surface area contributed by atoms with Crippen molar-refractivity contribution in [3.63, 3.8) is 0 Å². The molecule has 0 saturated heterocycles. The van der Waals surface area contributed by atoms with E-state index >= 15 is 0 Å². The average Bonchev–Trinajstić information content (AvgIpc) is 2.66. The van der Waals surface area contributed by atoms with E-state index < -0.39 is 18.9 Å². The van der Waals surface area contributed by atoms with Gasteiger partial charge in [0.15, 0.2) is 0 Å². The number of ether oxygens (including phenoxy) is 3. The van der Waals surface area contributed by atoms with Gasteiger partial charge in [-0.25, -0.2) is 4.79 Å². The highest BCUT2D eigenvalue weighted by Gasteiger charge is 2.39. The van der Waals surface area contributed by atoms with E-state index in [1.54, 1.807) is 30.3 Å².